The smallest absolute Gasteiger partial charge is 0.220 e. The molecule has 1 aromatic carbocycles. The lowest BCUT2D eigenvalue weighted by molar-refractivity contribution is -0.118. The lowest BCUT2D eigenvalue weighted by atomic mass is 9.71. The predicted octanol–water partition coefficient (Wildman–Crippen LogP) is 2.32. The zero-order valence-electron chi connectivity index (χ0n) is 11.4. The molecule has 3 unspecified atom stereocenters. The topological polar surface area (TPSA) is 64.4 Å². The van der Waals surface area contributed by atoms with Crippen LogP contribution < -0.4 is 15.8 Å². The van der Waals surface area contributed by atoms with Gasteiger partial charge in [0.2, 0.25) is 5.91 Å². The number of hydrogen-bond donors (Lipinski definition) is 2. The van der Waals surface area contributed by atoms with Crippen LogP contribution >= 0.6 is 0 Å². The second kappa shape index (κ2) is 5.57. The van der Waals surface area contributed by atoms with Crippen molar-refractivity contribution in [2.75, 3.05) is 11.9 Å². The molecule has 3 atom stereocenters. The van der Waals surface area contributed by atoms with Crippen molar-refractivity contribution < 1.29 is 9.53 Å². The van der Waals surface area contributed by atoms with Crippen LogP contribution in [-0.4, -0.2) is 18.6 Å². The summed E-state index contributed by atoms with van der Waals surface area (Å²) in [4.78, 5) is 10.8. The zero-order chi connectivity index (χ0) is 13.9. The summed E-state index contributed by atoms with van der Waals surface area (Å²) in [5.41, 5.74) is 6.12. The normalized spacial score (nSPS) is 26.7. The minimum absolute atomic E-state index is 0.241. The minimum atomic E-state index is -0.339. The molecule has 0 saturated heterocycles. The van der Waals surface area contributed by atoms with Crippen LogP contribution in [0.1, 0.15) is 19.3 Å². The molecule has 0 aromatic heterocycles. The van der Waals surface area contributed by atoms with Crippen molar-refractivity contribution in [1.82, 2.24) is 0 Å². The van der Waals surface area contributed by atoms with Gasteiger partial charge in [0.25, 0.3) is 0 Å². The predicted molar refractivity (Wildman–Crippen MR) is 78.5 cm³/mol. The maximum Gasteiger partial charge on any atom is 0.220 e. The molecule has 2 aliphatic rings. The number of carbonyl (C=O) groups is 1. The number of nitrogens with one attached hydrogen (secondary N) is 1. The van der Waals surface area contributed by atoms with E-state index in [0.717, 1.165) is 17.4 Å². The first-order valence-electron chi connectivity index (χ1n) is 7.17. The monoisotopic (exact) mass is 272 g/mol. The van der Waals surface area contributed by atoms with Crippen molar-refractivity contribution in [2.45, 2.75) is 25.3 Å². The summed E-state index contributed by atoms with van der Waals surface area (Å²) in [6.45, 7) is 0.324. The molecule has 4 heteroatoms. The summed E-state index contributed by atoms with van der Waals surface area (Å²) < 4.78 is 5.65. The van der Waals surface area contributed by atoms with Gasteiger partial charge in [-0.1, -0.05) is 24.3 Å². The van der Waals surface area contributed by atoms with Gasteiger partial charge in [-0.2, -0.15) is 0 Å². The van der Waals surface area contributed by atoms with Gasteiger partial charge < -0.3 is 15.8 Å². The Labute approximate surface area is 119 Å². The number of anilines is 1. The molecule has 4 nitrogen and oxygen atoms in total. The Morgan fingerprint density at radius 2 is 2.25 bits per heavy atom. The SMILES string of the molecule is NC(=O)CCOc1ccccc1NC1CC2CC=CC21. The number of carbonyl (C=O) groups excluding carboxylic acids is 1. The first-order chi connectivity index (χ1) is 9.74. The molecule has 1 fully saturated rings. The van der Waals surface area contributed by atoms with Crippen molar-refractivity contribution in [3.8, 4) is 5.75 Å². The zero-order valence-corrected chi connectivity index (χ0v) is 11.4. The van der Waals surface area contributed by atoms with E-state index in [-0.39, 0.29) is 12.3 Å². The van der Waals surface area contributed by atoms with E-state index in [1.807, 2.05) is 24.3 Å². The molecular formula is C16H20N2O2. The fourth-order valence-corrected chi connectivity index (χ4v) is 3.06. The highest BCUT2D eigenvalue weighted by Crippen LogP contribution is 2.44. The summed E-state index contributed by atoms with van der Waals surface area (Å²) in [7, 11) is 0. The number of para-hydroxylation sites is 2. The average Bonchev–Trinajstić information content (AvgIpc) is 2.78. The number of fused-ring (bicyclic) bond motifs is 1. The molecule has 0 aliphatic heterocycles. The maximum absolute atomic E-state index is 10.8. The Bertz CT molecular complexity index is 527. The van der Waals surface area contributed by atoms with Crippen LogP contribution in [0.15, 0.2) is 36.4 Å². The third-order valence-corrected chi connectivity index (χ3v) is 4.20. The molecule has 3 N–H and O–H groups in total. The molecule has 0 radical (unpaired) electrons. The van der Waals surface area contributed by atoms with Gasteiger partial charge in [0.15, 0.2) is 0 Å². The van der Waals surface area contributed by atoms with E-state index in [1.165, 1.54) is 12.8 Å². The van der Waals surface area contributed by atoms with Crippen molar-refractivity contribution in [3.05, 3.63) is 36.4 Å². The largest absolute Gasteiger partial charge is 0.491 e. The Balaban J connectivity index is 1.61. The second-order valence-electron chi connectivity index (χ2n) is 5.55. The van der Waals surface area contributed by atoms with Gasteiger partial charge in [-0.25, -0.2) is 0 Å². The van der Waals surface area contributed by atoms with Crippen LogP contribution in [0.2, 0.25) is 0 Å². The van der Waals surface area contributed by atoms with Gasteiger partial charge in [-0.15, -0.1) is 0 Å². The molecular weight excluding hydrogens is 252 g/mol. The van der Waals surface area contributed by atoms with Gasteiger partial charge in [0, 0.05) is 12.0 Å². The van der Waals surface area contributed by atoms with E-state index in [9.17, 15) is 4.79 Å². The number of hydrogen-bond acceptors (Lipinski definition) is 3. The third-order valence-electron chi connectivity index (χ3n) is 4.20. The maximum atomic E-state index is 10.8. The fourth-order valence-electron chi connectivity index (χ4n) is 3.06. The molecule has 0 heterocycles. The molecule has 2 aliphatic carbocycles. The highest BCUT2D eigenvalue weighted by molar-refractivity contribution is 5.73. The summed E-state index contributed by atoms with van der Waals surface area (Å²) in [5.74, 6) is 1.94. The van der Waals surface area contributed by atoms with Gasteiger partial charge in [-0.05, 0) is 30.9 Å². The Kier molecular flexibility index (Phi) is 3.63. The van der Waals surface area contributed by atoms with Crippen molar-refractivity contribution in [1.29, 1.82) is 0 Å². The van der Waals surface area contributed by atoms with Crippen LogP contribution in [0.3, 0.4) is 0 Å². The number of primary amides is 1. The molecule has 106 valence electrons. The van der Waals surface area contributed by atoms with E-state index in [4.69, 9.17) is 10.5 Å². The number of nitrogens with two attached hydrogens (primary N) is 1. The molecule has 20 heavy (non-hydrogen) atoms. The van der Waals surface area contributed by atoms with E-state index in [0.29, 0.717) is 18.6 Å². The van der Waals surface area contributed by atoms with Crippen LogP contribution in [0.4, 0.5) is 5.69 Å². The molecule has 1 saturated carbocycles. The third kappa shape index (κ3) is 2.64. The summed E-state index contributed by atoms with van der Waals surface area (Å²) >= 11 is 0. The summed E-state index contributed by atoms with van der Waals surface area (Å²) in [6, 6.07) is 8.36. The first-order valence-corrected chi connectivity index (χ1v) is 7.17. The lowest BCUT2D eigenvalue weighted by Crippen LogP contribution is -2.43. The summed E-state index contributed by atoms with van der Waals surface area (Å²) in [6.07, 6.45) is 7.28. The summed E-state index contributed by atoms with van der Waals surface area (Å²) in [5, 5.41) is 3.56. The van der Waals surface area contributed by atoms with Crippen molar-refractivity contribution in [2.24, 2.45) is 17.6 Å². The highest BCUT2D eigenvalue weighted by Gasteiger charge is 2.41. The standard InChI is InChI=1S/C16H20N2O2/c17-16(19)8-9-20-15-7-2-1-6-13(15)18-14-10-11-4-3-5-12(11)14/h1-3,5-7,11-12,14,18H,4,8-10H2,(H2,17,19). The van der Waals surface area contributed by atoms with Crippen LogP contribution in [-0.2, 0) is 4.79 Å². The lowest BCUT2D eigenvalue weighted by Gasteiger charge is -2.41. The Hall–Kier alpha value is -1.97. The number of ether oxygens (including phenoxy) is 1. The Morgan fingerprint density at radius 3 is 3.05 bits per heavy atom. The van der Waals surface area contributed by atoms with Gasteiger partial charge in [0.05, 0.1) is 18.7 Å². The van der Waals surface area contributed by atoms with E-state index in [2.05, 4.69) is 17.5 Å². The fraction of sp³-hybridized carbons (Fsp3) is 0.438. The molecule has 0 bridgehead atoms. The molecule has 1 amide bonds. The Morgan fingerprint density at radius 1 is 1.40 bits per heavy atom. The number of benzene rings is 1. The van der Waals surface area contributed by atoms with E-state index >= 15 is 0 Å². The van der Waals surface area contributed by atoms with Crippen molar-refractivity contribution in [3.63, 3.8) is 0 Å². The van der Waals surface area contributed by atoms with Gasteiger partial charge in [-0.3, -0.25) is 4.79 Å². The van der Waals surface area contributed by atoms with E-state index < -0.39 is 0 Å². The van der Waals surface area contributed by atoms with E-state index in [1.54, 1.807) is 0 Å². The second-order valence-corrected chi connectivity index (χ2v) is 5.55. The molecule has 0 spiro atoms. The number of allylic oxidation sites excluding steroid dienone is 1. The number of rotatable bonds is 6. The molecule has 1 aromatic rings. The minimum Gasteiger partial charge on any atom is -0.491 e. The highest BCUT2D eigenvalue weighted by atomic mass is 16.5. The quantitative estimate of drug-likeness (QED) is 0.781. The average molecular weight is 272 g/mol. The van der Waals surface area contributed by atoms with Crippen LogP contribution in [0.5, 0.6) is 5.75 Å². The van der Waals surface area contributed by atoms with Gasteiger partial charge >= 0.3 is 0 Å². The van der Waals surface area contributed by atoms with Crippen LogP contribution in [0, 0.1) is 11.8 Å². The van der Waals surface area contributed by atoms with Gasteiger partial charge in [0.1, 0.15) is 5.75 Å². The number of amides is 1. The van der Waals surface area contributed by atoms with Crippen LogP contribution in [0.25, 0.3) is 0 Å². The first kappa shape index (κ1) is 13.0. The van der Waals surface area contributed by atoms with Crippen molar-refractivity contribution >= 4 is 11.6 Å². The molecule has 3 rings (SSSR count).